The van der Waals surface area contributed by atoms with Crippen LogP contribution in [0.5, 0.6) is 0 Å². The summed E-state index contributed by atoms with van der Waals surface area (Å²) in [6, 6.07) is 17.7. The van der Waals surface area contributed by atoms with Crippen LogP contribution in [-0.4, -0.2) is 14.3 Å². The van der Waals surface area contributed by atoms with E-state index in [0.717, 1.165) is 22.1 Å². The number of hydrogen-bond donors (Lipinski definition) is 0. The van der Waals surface area contributed by atoms with Crippen molar-refractivity contribution in [3.63, 3.8) is 0 Å². The monoisotopic (exact) mass is 275 g/mol. The summed E-state index contributed by atoms with van der Waals surface area (Å²) >= 11 is 0. The number of aryl methyl sites for hydroxylation is 1. The number of nitrogens with zero attached hydrogens (tertiary/aromatic N) is 3. The Morgan fingerprint density at radius 2 is 1.62 bits per heavy atom. The van der Waals surface area contributed by atoms with Gasteiger partial charge in [-0.05, 0) is 18.2 Å². The fourth-order valence-corrected chi connectivity index (χ4v) is 2.70. The minimum Gasteiger partial charge on any atom is -0.311 e. The number of hydrogen-bond acceptors (Lipinski definition) is 2. The van der Waals surface area contributed by atoms with E-state index in [1.165, 1.54) is 0 Å². The predicted octanol–water partition coefficient (Wildman–Crippen LogP) is 2.88. The van der Waals surface area contributed by atoms with Crippen molar-refractivity contribution in [2.75, 3.05) is 0 Å². The van der Waals surface area contributed by atoms with Crippen LogP contribution in [0.25, 0.3) is 27.5 Å². The largest absolute Gasteiger partial charge is 0.311 e. The summed E-state index contributed by atoms with van der Waals surface area (Å²) in [5.74, 6) is 0. The Hall–Kier alpha value is -2.88. The van der Waals surface area contributed by atoms with E-state index >= 15 is 0 Å². The second-order valence-electron chi connectivity index (χ2n) is 5.05. The zero-order valence-electron chi connectivity index (χ0n) is 11.5. The number of benzene rings is 2. The Labute approximate surface area is 120 Å². The molecule has 0 radical (unpaired) electrons. The van der Waals surface area contributed by atoms with E-state index in [4.69, 9.17) is 0 Å². The van der Waals surface area contributed by atoms with Crippen LogP contribution in [0, 0.1) is 0 Å². The summed E-state index contributed by atoms with van der Waals surface area (Å²) in [5, 5.41) is 6.25. The van der Waals surface area contributed by atoms with Gasteiger partial charge in [0.25, 0.3) is 5.56 Å². The van der Waals surface area contributed by atoms with Crippen LogP contribution in [0.1, 0.15) is 0 Å². The van der Waals surface area contributed by atoms with Gasteiger partial charge in [-0.2, -0.15) is 5.10 Å². The summed E-state index contributed by atoms with van der Waals surface area (Å²) in [6.45, 7) is 0. The van der Waals surface area contributed by atoms with Gasteiger partial charge in [0.05, 0.1) is 16.6 Å². The number of aromatic nitrogens is 3. The molecular formula is C17H13N3O. The number of rotatable bonds is 1. The third-order valence-corrected chi connectivity index (χ3v) is 3.79. The van der Waals surface area contributed by atoms with Gasteiger partial charge in [-0.25, -0.2) is 4.68 Å². The van der Waals surface area contributed by atoms with Crippen molar-refractivity contribution >= 4 is 21.8 Å². The first-order valence-electron chi connectivity index (χ1n) is 6.78. The van der Waals surface area contributed by atoms with Crippen molar-refractivity contribution in [1.29, 1.82) is 0 Å². The molecule has 0 atom stereocenters. The quantitative estimate of drug-likeness (QED) is 0.536. The molecule has 21 heavy (non-hydrogen) atoms. The fourth-order valence-electron chi connectivity index (χ4n) is 2.70. The maximum absolute atomic E-state index is 12.5. The summed E-state index contributed by atoms with van der Waals surface area (Å²) in [6.07, 6.45) is 1.80. The highest BCUT2D eigenvalue weighted by atomic mass is 16.1. The third-order valence-electron chi connectivity index (χ3n) is 3.79. The molecule has 0 unspecified atom stereocenters. The average Bonchev–Trinajstić information content (AvgIpc) is 2.99. The van der Waals surface area contributed by atoms with E-state index in [-0.39, 0.29) is 5.56 Å². The Morgan fingerprint density at radius 3 is 2.43 bits per heavy atom. The highest BCUT2D eigenvalue weighted by Gasteiger charge is 2.12. The molecule has 0 aliphatic heterocycles. The minimum absolute atomic E-state index is 0.0223. The predicted molar refractivity (Wildman–Crippen MR) is 83.8 cm³/mol. The van der Waals surface area contributed by atoms with E-state index < -0.39 is 0 Å². The van der Waals surface area contributed by atoms with Gasteiger partial charge in [0, 0.05) is 18.6 Å². The van der Waals surface area contributed by atoms with Gasteiger partial charge in [-0.1, -0.05) is 36.4 Å². The van der Waals surface area contributed by atoms with E-state index in [0.29, 0.717) is 5.39 Å². The Kier molecular flexibility index (Phi) is 2.44. The van der Waals surface area contributed by atoms with Gasteiger partial charge in [-0.15, -0.1) is 0 Å². The van der Waals surface area contributed by atoms with Gasteiger partial charge in [0.2, 0.25) is 0 Å². The number of para-hydroxylation sites is 2. The van der Waals surface area contributed by atoms with E-state index in [9.17, 15) is 4.79 Å². The van der Waals surface area contributed by atoms with Crippen LogP contribution in [0.15, 0.2) is 65.6 Å². The standard InChI is InChI=1S/C17H13N3O/c1-19-15-10-6-5-9-13(15)16-14(17(19)21)11-20(18-16)12-7-3-2-4-8-12/h2-11H,1H3. The molecule has 0 amide bonds. The average molecular weight is 275 g/mol. The van der Waals surface area contributed by atoms with Crippen LogP contribution in [0.4, 0.5) is 0 Å². The number of fused-ring (bicyclic) bond motifs is 3. The van der Waals surface area contributed by atoms with E-state index in [1.54, 1.807) is 22.5 Å². The molecule has 4 aromatic rings. The van der Waals surface area contributed by atoms with Crippen LogP contribution >= 0.6 is 0 Å². The molecule has 4 nitrogen and oxygen atoms in total. The molecule has 0 aliphatic rings. The van der Waals surface area contributed by atoms with Gasteiger partial charge in [-0.3, -0.25) is 4.79 Å². The molecule has 2 aromatic heterocycles. The van der Waals surface area contributed by atoms with Crippen molar-refractivity contribution in [3.05, 3.63) is 71.1 Å². The molecular weight excluding hydrogens is 262 g/mol. The SMILES string of the molecule is Cn1c(=O)c2cn(-c3ccccc3)nc2c2ccccc21. The molecule has 2 heterocycles. The summed E-state index contributed by atoms with van der Waals surface area (Å²) in [7, 11) is 1.80. The maximum Gasteiger partial charge on any atom is 0.261 e. The smallest absolute Gasteiger partial charge is 0.261 e. The Balaban J connectivity index is 2.15. The highest BCUT2D eigenvalue weighted by Crippen LogP contribution is 2.22. The van der Waals surface area contributed by atoms with Gasteiger partial charge in [0.1, 0.15) is 5.52 Å². The Bertz CT molecular complexity index is 1010. The van der Waals surface area contributed by atoms with Gasteiger partial charge in [0.15, 0.2) is 0 Å². The first-order valence-corrected chi connectivity index (χ1v) is 6.78. The molecule has 0 spiro atoms. The van der Waals surface area contributed by atoms with Crippen molar-refractivity contribution in [3.8, 4) is 5.69 Å². The van der Waals surface area contributed by atoms with E-state index in [2.05, 4.69) is 5.10 Å². The first kappa shape index (κ1) is 11.9. The maximum atomic E-state index is 12.5. The first-order chi connectivity index (χ1) is 10.3. The molecule has 0 saturated heterocycles. The zero-order valence-corrected chi connectivity index (χ0v) is 11.5. The molecule has 0 saturated carbocycles. The van der Waals surface area contributed by atoms with Crippen LogP contribution < -0.4 is 5.56 Å². The summed E-state index contributed by atoms with van der Waals surface area (Å²) in [5.41, 5.74) is 2.57. The van der Waals surface area contributed by atoms with E-state index in [1.807, 2.05) is 54.6 Å². The summed E-state index contributed by atoms with van der Waals surface area (Å²) in [4.78, 5) is 12.5. The normalized spacial score (nSPS) is 11.3. The molecule has 4 rings (SSSR count). The van der Waals surface area contributed by atoms with Gasteiger partial charge < -0.3 is 4.57 Å². The Morgan fingerprint density at radius 1 is 0.905 bits per heavy atom. The molecule has 102 valence electrons. The fraction of sp³-hybridized carbons (Fsp3) is 0.0588. The zero-order chi connectivity index (χ0) is 14.4. The lowest BCUT2D eigenvalue weighted by molar-refractivity contribution is 0.897. The molecule has 0 N–H and O–H groups in total. The lowest BCUT2D eigenvalue weighted by Gasteiger charge is -2.04. The summed E-state index contributed by atoms with van der Waals surface area (Å²) < 4.78 is 3.44. The van der Waals surface area contributed by atoms with Crippen LogP contribution in [0.3, 0.4) is 0 Å². The van der Waals surface area contributed by atoms with Gasteiger partial charge >= 0.3 is 0 Å². The topological polar surface area (TPSA) is 39.8 Å². The third kappa shape index (κ3) is 1.69. The highest BCUT2D eigenvalue weighted by molar-refractivity contribution is 6.03. The van der Waals surface area contributed by atoms with Crippen molar-refractivity contribution in [2.45, 2.75) is 0 Å². The lowest BCUT2D eigenvalue weighted by Crippen LogP contribution is -2.16. The van der Waals surface area contributed by atoms with Crippen molar-refractivity contribution in [1.82, 2.24) is 14.3 Å². The second kappa shape index (κ2) is 4.31. The van der Waals surface area contributed by atoms with Crippen LogP contribution in [0.2, 0.25) is 0 Å². The van der Waals surface area contributed by atoms with Crippen molar-refractivity contribution < 1.29 is 0 Å². The lowest BCUT2D eigenvalue weighted by atomic mass is 10.1. The molecule has 4 heteroatoms. The van der Waals surface area contributed by atoms with Crippen LogP contribution in [-0.2, 0) is 7.05 Å². The number of pyridine rings is 1. The molecule has 0 fully saturated rings. The van der Waals surface area contributed by atoms with Crippen molar-refractivity contribution in [2.24, 2.45) is 7.05 Å². The minimum atomic E-state index is -0.0223. The molecule has 0 bridgehead atoms. The second-order valence-corrected chi connectivity index (χ2v) is 5.05. The molecule has 0 aliphatic carbocycles. The molecule has 2 aromatic carbocycles.